The molecule has 0 aliphatic carbocycles. The number of pyridine rings is 1. The number of anilines is 1. The molecule has 0 atom stereocenters. The summed E-state index contributed by atoms with van der Waals surface area (Å²) in [6, 6.07) is 13.2. The topological polar surface area (TPSA) is 76.9 Å². The van der Waals surface area contributed by atoms with Crippen LogP contribution in [0.3, 0.4) is 0 Å². The van der Waals surface area contributed by atoms with Gasteiger partial charge in [0.2, 0.25) is 0 Å². The van der Waals surface area contributed by atoms with E-state index >= 15 is 0 Å². The maximum atomic E-state index is 12.9. The van der Waals surface area contributed by atoms with Crippen molar-refractivity contribution in [2.45, 2.75) is 13.5 Å². The molecule has 0 aliphatic heterocycles. The van der Waals surface area contributed by atoms with Gasteiger partial charge < -0.3 is 5.32 Å². The van der Waals surface area contributed by atoms with Crippen molar-refractivity contribution in [2.24, 2.45) is 0 Å². The van der Waals surface area contributed by atoms with Crippen molar-refractivity contribution in [3.05, 3.63) is 87.5 Å². The normalized spacial score (nSPS) is 10.9. The summed E-state index contributed by atoms with van der Waals surface area (Å²) in [6.07, 6.45) is 4.75. The number of thiophene rings is 1. The van der Waals surface area contributed by atoms with E-state index < -0.39 is 0 Å². The number of benzene rings is 1. The minimum absolute atomic E-state index is 0.141. The lowest BCUT2D eigenvalue weighted by molar-refractivity contribution is 0.103. The van der Waals surface area contributed by atoms with Gasteiger partial charge >= 0.3 is 0 Å². The molecule has 4 rings (SSSR count). The highest BCUT2D eigenvalue weighted by Gasteiger charge is 2.19. The van der Waals surface area contributed by atoms with E-state index in [4.69, 9.17) is 0 Å². The molecular weight excluding hydrogens is 360 g/mol. The molecule has 27 heavy (non-hydrogen) atoms. The van der Waals surface area contributed by atoms with Crippen molar-refractivity contribution in [1.82, 2.24) is 14.5 Å². The van der Waals surface area contributed by atoms with Gasteiger partial charge in [0, 0.05) is 6.20 Å². The van der Waals surface area contributed by atoms with Crippen LogP contribution in [-0.2, 0) is 6.54 Å². The molecule has 3 aromatic heterocycles. The summed E-state index contributed by atoms with van der Waals surface area (Å²) in [7, 11) is 0. The van der Waals surface area contributed by atoms with Crippen molar-refractivity contribution in [2.75, 3.05) is 5.32 Å². The minimum atomic E-state index is -0.266. The average molecular weight is 376 g/mol. The summed E-state index contributed by atoms with van der Waals surface area (Å²) < 4.78 is 1.57. The third kappa shape index (κ3) is 3.37. The summed E-state index contributed by atoms with van der Waals surface area (Å²) in [6.45, 7) is 2.22. The number of hydrogen-bond acceptors (Lipinski definition) is 5. The van der Waals surface area contributed by atoms with E-state index in [0.717, 1.165) is 5.56 Å². The van der Waals surface area contributed by atoms with Gasteiger partial charge in [-0.25, -0.2) is 4.98 Å². The lowest BCUT2D eigenvalue weighted by Gasteiger charge is -2.05. The number of amides is 1. The molecule has 0 bridgehead atoms. The largest absolute Gasteiger partial charge is 0.320 e. The van der Waals surface area contributed by atoms with E-state index in [0.29, 0.717) is 32.9 Å². The highest BCUT2D eigenvalue weighted by molar-refractivity contribution is 7.20. The standard InChI is InChI=1S/C20H16N4O2S/c1-13-16-19(27-17(13)18(25)23-15-8-5-9-21-10-15)22-12-24(20(16)26)11-14-6-3-2-4-7-14/h2-10,12H,11H2,1H3,(H,23,25). The summed E-state index contributed by atoms with van der Waals surface area (Å²) in [4.78, 5) is 35.0. The smallest absolute Gasteiger partial charge is 0.266 e. The Labute approximate surface area is 159 Å². The van der Waals surface area contributed by atoms with Gasteiger partial charge in [-0.1, -0.05) is 30.3 Å². The Morgan fingerprint density at radius 2 is 2.00 bits per heavy atom. The van der Waals surface area contributed by atoms with Crippen LogP contribution in [0.4, 0.5) is 5.69 Å². The summed E-state index contributed by atoms with van der Waals surface area (Å²) >= 11 is 1.22. The Kier molecular flexibility index (Phi) is 4.52. The van der Waals surface area contributed by atoms with Crippen LogP contribution >= 0.6 is 11.3 Å². The molecule has 1 aromatic carbocycles. The molecule has 0 saturated carbocycles. The van der Waals surface area contributed by atoms with E-state index in [2.05, 4.69) is 15.3 Å². The van der Waals surface area contributed by atoms with Gasteiger partial charge in [0.25, 0.3) is 11.5 Å². The Hall–Kier alpha value is -3.32. The first-order valence-electron chi connectivity index (χ1n) is 8.37. The van der Waals surface area contributed by atoms with Crippen LogP contribution in [0.2, 0.25) is 0 Å². The van der Waals surface area contributed by atoms with E-state index in [-0.39, 0.29) is 11.5 Å². The van der Waals surface area contributed by atoms with Gasteiger partial charge in [0.1, 0.15) is 4.83 Å². The number of fused-ring (bicyclic) bond motifs is 1. The van der Waals surface area contributed by atoms with Crippen LogP contribution in [0, 0.1) is 6.92 Å². The highest BCUT2D eigenvalue weighted by Crippen LogP contribution is 2.27. The number of aromatic nitrogens is 3. The maximum Gasteiger partial charge on any atom is 0.266 e. The van der Waals surface area contributed by atoms with Gasteiger partial charge in [-0.05, 0) is 30.2 Å². The molecule has 0 radical (unpaired) electrons. The number of nitrogens with one attached hydrogen (secondary N) is 1. The monoisotopic (exact) mass is 376 g/mol. The number of aryl methyl sites for hydroxylation is 1. The molecule has 0 saturated heterocycles. The quantitative estimate of drug-likeness (QED) is 0.592. The van der Waals surface area contributed by atoms with Crippen LogP contribution in [0.1, 0.15) is 20.8 Å². The molecule has 7 heteroatoms. The van der Waals surface area contributed by atoms with E-state index in [1.807, 2.05) is 30.3 Å². The zero-order valence-electron chi connectivity index (χ0n) is 14.5. The Morgan fingerprint density at radius 1 is 1.19 bits per heavy atom. The average Bonchev–Trinajstić information content (AvgIpc) is 3.03. The number of rotatable bonds is 4. The van der Waals surface area contributed by atoms with Crippen LogP contribution in [0.25, 0.3) is 10.2 Å². The molecule has 0 spiro atoms. The predicted molar refractivity (Wildman–Crippen MR) is 106 cm³/mol. The van der Waals surface area contributed by atoms with Crippen molar-refractivity contribution < 1.29 is 4.79 Å². The van der Waals surface area contributed by atoms with Crippen molar-refractivity contribution >= 4 is 33.1 Å². The van der Waals surface area contributed by atoms with Crippen LogP contribution in [0.5, 0.6) is 0 Å². The fourth-order valence-electron chi connectivity index (χ4n) is 2.89. The Morgan fingerprint density at radius 3 is 2.74 bits per heavy atom. The lowest BCUT2D eigenvalue weighted by Crippen LogP contribution is -2.21. The first-order valence-corrected chi connectivity index (χ1v) is 9.19. The molecule has 4 aromatic rings. The number of hydrogen-bond donors (Lipinski definition) is 1. The Bertz CT molecular complexity index is 1170. The second-order valence-corrected chi connectivity index (χ2v) is 7.09. The lowest BCUT2D eigenvalue weighted by atomic mass is 10.2. The van der Waals surface area contributed by atoms with Gasteiger partial charge in [-0.15, -0.1) is 11.3 Å². The first-order chi connectivity index (χ1) is 13.1. The summed E-state index contributed by atoms with van der Waals surface area (Å²) in [5.74, 6) is -0.266. The van der Waals surface area contributed by atoms with Crippen molar-refractivity contribution in [3.63, 3.8) is 0 Å². The second kappa shape index (κ2) is 7.13. The molecule has 0 unspecified atom stereocenters. The van der Waals surface area contributed by atoms with Crippen LogP contribution < -0.4 is 10.9 Å². The van der Waals surface area contributed by atoms with Gasteiger partial charge in [0.15, 0.2) is 0 Å². The molecule has 1 N–H and O–H groups in total. The third-order valence-corrected chi connectivity index (χ3v) is 5.44. The first kappa shape index (κ1) is 17.1. The summed E-state index contributed by atoms with van der Waals surface area (Å²) in [5, 5.41) is 3.30. The SMILES string of the molecule is Cc1c(C(=O)Nc2cccnc2)sc2ncn(Cc3ccccc3)c(=O)c12. The second-order valence-electron chi connectivity index (χ2n) is 6.10. The van der Waals surface area contributed by atoms with Crippen molar-refractivity contribution in [3.8, 4) is 0 Å². The molecule has 0 aliphatic rings. The van der Waals surface area contributed by atoms with Gasteiger partial charge in [0.05, 0.1) is 35.0 Å². The number of carbonyl (C=O) groups excluding carboxylic acids is 1. The van der Waals surface area contributed by atoms with E-state index in [1.165, 1.54) is 17.7 Å². The third-order valence-electron chi connectivity index (χ3n) is 4.24. The molecule has 1 amide bonds. The molecule has 3 heterocycles. The highest BCUT2D eigenvalue weighted by atomic mass is 32.1. The molecule has 6 nitrogen and oxygen atoms in total. The van der Waals surface area contributed by atoms with Crippen LogP contribution in [0.15, 0.2) is 66.0 Å². The molecule has 134 valence electrons. The number of carbonyl (C=O) groups is 1. The predicted octanol–water partition coefficient (Wildman–Crippen LogP) is 3.46. The minimum Gasteiger partial charge on any atom is -0.320 e. The molecule has 0 fully saturated rings. The zero-order valence-corrected chi connectivity index (χ0v) is 15.4. The van der Waals surface area contributed by atoms with E-state index in [1.54, 1.807) is 36.0 Å². The summed E-state index contributed by atoms with van der Waals surface area (Å²) in [5.41, 5.74) is 2.13. The fourth-order valence-corrected chi connectivity index (χ4v) is 3.93. The maximum absolute atomic E-state index is 12.9. The fraction of sp³-hybridized carbons (Fsp3) is 0.100. The van der Waals surface area contributed by atoms with E-state index in [9.17, 15) is 9.59 Å². The number of nitrogens with zero attached hydrogens (tertiary/aromatic N) is 3. The Balaban J connectivity index is 1.70. The van der Waals surface area contributed by atoms with Gasteiger partial charge in [-0.2, -0.15) is 0 Å². The van der Waals surface area contributed by atoms with Gasteiger partial charge in [-0.3, -0.25) is 19.1 Å². The zero-order chi connectivity index (χ0) is 18.8. The molecular formula is C20H16N4O2S. The van der Waals surface area contributed by atoms with Crippen molar-refractivity contribution in [1.29, 1.82) is 0 Å². The van der Waals surface area contributed by atoms with Crippen LogP contribution in [-0.4, -0.2) is 20.4 Å².